The minimum absolute atomic E-state index is 0.185. The fourth-order valence-electron chi connectivity index (χ4n) is 4.25. The highest BCUT2D eigenvalue weighted by molar-refractivity contribution is 6.28. The van der Waals surface area contributed by atoms with Gasteiger partial charge < -0.3 is 0 Å². The molecule has 3 nitrogen and oxygen atoms in total. The van der Waals surface area contributed by atoms with E-state index in [-0.39, 0.29) is 5.28 Å². The summed E-state index contributed by atoms with van der Waals surface area (Å²) in [5.41, 5.74) is 1.88. The van der Waals surface area contributed by atoms with E-state index >= 15 is 0 Å². The summed E-state index contributed by atoms with van der Waals surface area (Å²) in [6, 6.07) is 33.2. The van der Waals surface area contributed by atoms with Gasteiger partial charge in [0.25, 0.3) is 0 Å². The van der Waals surface area contributed by atoms with Crippen LogP contribution in [0.25, 0.3) is 55.1 Å². The van der Waals surface area contributed by atoms with Crippen LogP contribution >= 0.6 is 11.6 Å². The number of aromatic nitrogens is 3. The molecule has 0 bridgehead atoms. The Bertz CT molecular complexity index is 1600. The maximum absolute atomic E-state index is 6.41. The maximum Gasteiger partial charge on any atom is 0.226 e. The smallest absolute Gasteiger partial charge is 0.208 e. The van der Waals surface area contributed by atoms with E-state index in [9.17, 15) is 0 Å². The Morgan fingerprint density at radius 2 is 1.03 bits per heavy atom. The molecule has 0 unspecified atom stereocenters. The molecule has 0 saturated heterocycles. The molecule has 4 heteroatoms. The molecule has 5 aromatic carbocycles. The molecular formula is C27H16ClN3. The lowest BCUT2D eigenvalue weighted by molar-refractivity contribution is 1.07. The van der Waals surface area contributed by atoms with Crippen LogP contribution in [0.1, 0.15) is 0 Å². The first-order chi connectivity index (χ1) is 15.3. The van der Waals surface area contributed by atoms with Gasteiger partial charge >= 0.3 is 0 Å². The van der Waals surface area contributed by atoms with E-state index in [1.54, 1.807) is 0 Å². The molecule has 0 aliphatic carbocycles. The second-order valence-electron chi connectivity index (χ2n) is 7.47. The van der Waals surface area contributed by atoms with Crippen LogP contribution in [0.2, 0.25) is 5.28 Å². The lowest BCUT2D eigenvalue weighted by Gasteiger charge is -2.11. The van der Waals surface area contributed by atoms with Crippen LogP contribution in [0.5, 0.6) is 0 Å². The lowest BCUT2D eigenvalue weighted by atomic mass is 9.97. The monoisotopic (exact) mass is 417 g/mol. The molecule has 0 N–H and O–H groups in total. The highest BCUT2D eigenvalue weighted by Gasteiger charge is 2.15. The van der Waals surface area contributed by atoms with Gasteiger partial charge in [-0.2, -0.15) is 9.97 Å². The summed E-state index contributed by atoms with van der Waals surface area (Å²) in [6.07, 6.45) is 0. The van der Waals surface area contributed by atoms with E-state index in [0.717, 1.165) is 32.7 Å². The molecule has 1 aromatic heterocycles. The average molecular weight is 418 g/mol. The SMILES string of the molecule is Clc1nc(-c2cccc3ccccc23)nc(-c2cc3ccccc3c3ccccc23)n1. The summed E-state index contributed by atoms with van der Waals surface area (Å²) < 4.78 is 0. The van der Waals surface area contributed by atoms with Gasteiger partial charge in [0.1, 0.15) is 0 Å². The van der Waals surface area contributed by atoms with Crippen molar-refractivity contribution < 1.29 is 0 Å². The number of rotatable bonds is 2. The molecule has 0 spiro atoms. The zero-order chi connectivity index (χ0) is 20.8. The van der Waals surface area contributed by atoms with Crippen molar-refractivity contribution >= 4 is 43.9 Å². The predicted molar refractivity (Wildman–Crippen MR) is 128 cm³/mol. The van der Waals surface area contributed by atoms with Crippen LogP contribution in [0.3, 0.4) is 0 Å². The second-order valence-corrected chi connectivity index (χ2v) is 7.81. The van der Waals surface area contributed by atoms with Crippen LogP contribution in [-0.2, 0) is 0 Å². The molecule has 0 aliphatic heterocycles. The largest absolute Gasteiger partial charge is 0.226 e. The molecule has 6 aromatic rings. The van der Waals surface area contributed by atoms with Crippen LogP contribution in [0, 0.1) is 0 Å². The Balaban J connectivity index is 1.65. The van der Waals surface area contributed by atoms with Gasteiger partial charge in [0, 0.05) is 11.1 Å². The molecule has 0 aliphatic rings. The number of hydrogen-bond acceptors (Lipinski definition) is 3. The summed E-state index contributed by atoms with van der Waals surface area (Å²) in [5.74, 6) is 1.15. The standard InChI is InChI=1S/C27H16ClN3/c28-27-30-25(23-15-7-10-17-8-1-3-11-19(17)23)29-26(31-27)24-16-18-9-2-4-12-20(18)21-13-5-6-14-22(21)24/h1-16H. The van der Waals surface area contributed by atoms with Gasteiger partial charge in [-0.15, -0.1) is 0 Å². The third-order valence-electron chi connectivity index (χ3n) is 5.65. The van der Waals surface area contributed by atoms with Crippen LogP contribution in [0.4, 0.5) is 0 Å². The van der Waals surface area contributed by atoms with Crippen molar-refractivity contribution in [2.45, 2.75) is 0 Å². The van der Waals surface area contributed by atoms with Crippen molar-refractivity contribution in [2.75, 3.05) is 0 Å². The Kier molecular flexibility index (Phi) is 4.15. The Hall–Kier alpha value is -3.82. The number of benzene rings is 5. The maximum atomic E-state index is 6.41. The van der Waals surface area contributed by atoms with Gasteiger partial charge in [-0.1, -0.05) is 91.0 Å². The van der Waals surface area contributed by atoms with E-state index in [1.807, 2.05) is 36.4 Å². The first-order valence-electron chi connectivity index (χ1n) is 10.1. The topological polar surface area (TPSA) is 38.7 Å². The van der Waals surface area contributed by atoms with Crippen molar-refractivity contribution in [3.63, 3.8) is 0 Å². The predicted octanol–water partition coefficient (Wildman–Crippen LogP) is 7.32. The fraction of sp³-hybridized carbons (Fsp3) is 0. The van der Waals surface area contributed by atoms with Crippen LogP contribution in [0.15, 0.2) is 97.1 Å². The number of fused-ring (bicyclic) bond motifs is 4. The Morgan fingerprint density at radius 3 is 1.84 bits per heavy atom. The van der Waals surface area contributed by atoms with Gasteiger partial charge in [-0.25, -0.2) is 4.98 Å². The second kappa shape index (κ2) is 7.15. The molecule has 1 heterocycles. The van der Waals surface area contributed by atoms with Crippen molar-refractivity contribution in [1.82, 2.24) is 15.0 Å². The van der Waals surface area contributed by atoms with Crippen molar-refractivity contribution in [3.8, 4) is 22.8 Å². The summed E-state index contributed by atoms with van der Waals surface area (Å²) in [5, 5.41) is 7.00. The summed E-state index contributed by atoms with van der Waals surface area (Å²) in [4.78, 5) is 13.8. The summed E-state index contributed by atoms with van der Waals surface area (Å²) in [7, 11) is 0. The number of halogens is 1. The number of hydrogen-bond donors (Lipinski definition) is 0. The summed E-state index contributed by atoms with van der Waals surface area (Å²) in [6.45, 7) is 0. The van der Waals surface area contributed by atoms with Crippen molar-refractivity contribution in [1.29, 1.82) is 0 Å². The van der Waals surface area contributed by atoms with Gasteiger partial charge in [0.2, 0.25) is 5.28 Å². The Morgan fingerprint density at radius 1 is 0.452 bits per heavy atom. The minimum atomic E-state index is 0.185. The first-order valence-corrected chi connectivity index (χ1v) is 10.5. The molecule has 6 rings (SSSR count). The molecule has 31 heavy (non-hydrogen) atoms. The lowest BCUT2D eigenvalue weighted by Crippen LogP contribution is -1.98. The molecular weight excluding hydrogens is 402 g/mol. The quantitative estimate of drug-likeness (QED) is 0.277. The third kappa shape index (κ3) is 3.02. The van der Waals surface area contributed by atoms with Gasteiger partial charge in [-0.3, -0.25) is 0 Å². The zero-order valence-corrected chi connectivity index (χ0v) is 17.2. The van der Waals surface area contributed by atoms with E-state index < -0.39 is 0 Å². The first kappa shape index (κ1) is 18.0. The van der Waals surface area contributed by atoms with Crippen LogP contribution < -0.4 is 0 Å². The molecule has 0 saturated carbocycles. The van der Waals surface area contributed by atoms with Crippen LogP contribution in [-0.4, -0.2) is 15.0 Å². The van der Waals surface area contributed by atoms with Crippen molar-refractivity contribution in [2.24, 2.45) is 0 Å². The normalized spacial score (nSPS) is 11.4. The molecule has 0 amide bonds. The highest BCUT2D eigenvalue weighted by Crippen LogP contribution is 2.35. The fourth-order valence-corrected chi connectivity index (χ4v) is 4.41. The highest BCUT2D eigenvalue weighted by atomic mass is 35.5. The van der Waals surface area contributed by atoms with E-state index in [1.165, 1.54) is 10.8 Å². The molecule has 146 valence electrons. The molecule has 0 radical (unpaired) electrons. The zero-order valence-electron chi connectivity index (χ0n) is 16.5. The molecule has 0 fully saturated rings. The third-order valence-corrected chi connectivity index (χ3v) is 5.82. The van der Waals surface area contributed by atoms with E-state index in [2.05, 4.69) is 70.6 Å². The van der Waals surface area contributed by atoms with Gasteiger partial charge in [0.05, 0.1) is 0 Å². The number of nitrogens with zero attached hydrogens (tertiary/aromatic N) is 3. The van der Waals surface area contributed by atoms with E-state index in [0.29, 0.717) is 11.6 Å². The Labute approximate surface area is 184 Å². The average Bonchev–Trinajstić information content (AvgIpc) is 2.83. The van der Waals surface area contributed by atoms with E-state index in [4.69, 9.17) is 16.6 Å². The minimum Gasteiger partial charge on any atom is -0.208 e. The molecule has 0 atom stereocenters. The van der Waals surface area contributed by atoms with Gasteiger partial charge in [-0.05, 0) is 50.0 Å². The van der Waals surface area contributed by atoms with Crippen molar-refractivity contribution in [3.05, 3.63) is 102 Å². The summed E-state index contributed by atoms with van der Waals surface area (Å²) >= 11 is 6.41. The van der Waals surface area contributed by atoms with Gasteiger partial charge in [0.15, 0.2) is 11.6 Å².